The molecular weight excluding hydrogens is 134 g/mol. The third-order valence-electron chi connectivity index (χ3n) is 1.15. The van der Waals surface area contributed by atoms with Crippen LogP contribution in [0.5, 0.6) is 0 Å². The van der Waals surface area contributed by atoms with Crippen LogP contribution in [0.2, 0.25) is 0 Å². The third-order valence-corrected chi connectivity index (χ3v) is 1.15. The molecule has 1 heteroatoms. The normalized spacial score (nSPS) is 7.27. The highest BCUT2D eigenvalue weighted by Crippen LogP contribution is 2.00. The summed E-state index contributed by atoms with van der Waals surface area (Å²) < 4.78 is 0. The number of nitriles is 1. The smallest absolute Gasteiger partial charge is 0.0991 e. The van der Waals surface area contributed by atoms with Gasteiger partial charge in [-0.2, -0.15) is 5.26 Å². The minimum absolute atomic E-state index is 0.731. The van der Waals surface area contributed by atoms with E-state index in [0.717, 1.165) is 11.1 Å². The molecule has 1 aromatic carbocycles. The Kier molecular flexibility index (Phi) is 4.51. The Labute approximate surface area is 67.6 Å². The van der Waals surface area contributed by atoms with Crippen molar-refractivity contribution in [1.82, 2.24) is 0 Å². The van der Waals surface area contributed by atoms with Gasteiger partial charge in [0.25, 0.3) is 0 Å². The van der Waals surface area contributed by atoms with E-state index < -0.39 is 0 Å². The van der Waals surface area contributed by atoms with Crippen LogP contribution in [0.3, 0.4) is 0 Å². The summed E-state index contributed by atoms with van der Waals surface area (Å²) in [7, 11) is 0. The number of hydrogen-bond acceptors (Lipinski definition) is 1. The fourth-order valence-corrected chi connectivity index (χ4v) is 0.715. The van der Waals surface area contributed by atoms with E-state index in [-0.39, 0.29) is 0 Å². The molecule has 0 atom stereocenters. The van der Waals surface area contributed by atoms with Gasteiger partial charge in [-0.3, -0.25) is 0 Å². The van der Waals surface area contributed by atoms with Crippen molar-refractivity contribution in [3.63, 3.8) is 0 Å². The Morgan fingerprint density at radius 2 is 2.00 bits per heavy atom. The van der Waals surface area contributed by atoms with Crippen LogP contribution >= 0.6 is 0 Å². The molecule has 0 unspecified atom stereocenters. The molecule has 0 aliphatic heterocycles. The van der Waals surface area contributed by atoms with Crippen LogP contribution in [0.25, 0.3) is 0 Å². The molecular formula is C10H11N. The molecule has 0 N–H and O–H groups in total. The van der Waals surface area contributed by atoms with Crippen molar-refractivity contribution in [2.75, 3.05) is 0 Å². The molecule has 56 valence electrons. The zero-order chi connectivity index (χ0) is 8.69. The molecule has 0 aliphatic carbocycles. The van der Waals surface area contributed by atoms with Gasteiger partial charge in [-0.25, -0.2) is 0 Å². The predicted molar refractivity (Wildman–Crippen MR) is 47.1 cm³/mol. The van der Waals surface area contributed by atoms with Crippen molar-refractivity contribution in [3.05, 3.63) is 48.6 Å². The molecule has 0 bridgehead atoms. The minimum Gasteiger partial charge on any atom is -0.192 e. The lowest BCUT2D eigenvalue weighted by molar-refractivity contribution is 1.42. The Morgan fingerprint density at radius 1 is 1.36 bits per heavy atom. The SMILES string of the molecule is C=C.Cc1cccc(C#N)c1. The molecule has 0 aliphatic rings. The van der Waals surface area contributed by atoms with Crippen LogP contribution in [0.1, 0.15) is 11.1 Å². The van der Waals surface area contributed by atoms with Gasteiger partial charge in [0.05, 0.1) is 11.6 Å². The first-order valence-corrected chi connectivity index (χ1v) is 3.29. The highest BCUT2D eigenvalue weighted by Gasteiger charge is 1.86. The Balaban J connectivity index is 0.000000461. The average Bonchev–Trinajstić information content (AvgIpc) is 2.08. The van der Waals surface area contributed by atoms with E-state index in [9.17, 15) is 0 Å². The topological polar surface area (TPSA) is 23.8 Å². The second-order valence-corrected chi connectivity index (χ2v) is 1.98. The van der Waals surface area contributed by atoms with E-state index in [1.165, 1.54) is 0 Å². The zero-order valence-electron chi connectivity index (χ0n) is 6.67. The van der Waals surface area contributed by atoms with Gasteiger partial charge in [-0.15, -0.1) is 13.2 Å². The van der Waals surface area contributed by atoms with Gasteiger partial charge >= 0.3 is 0 Å². The van der Waals surface area contributed by atoms with Gasteiger partial charge < -0.3 is 0 Å². The number of aryl methyl sites for hydroxylation is 1. The average molecular weight is 145 g/mol. The fraction of sp³-hybridized carbons (Fsp3) is 0.100. The second-order valence-electron chi connectivity index (χ2n) is 1.98. The number of nitrogens with zero attached hydrogens (tertiary/aromatic N) is 1. The van der Waals surface area contributed by atoms with Crippen molar-refractivity contribution in [2.24, 2.45) is 0 Å². The summed E-state index contributed by atoms with van der Waals surface area (Å²) in [6, 6.07) is 9.58. The van der Waals surface area contributed by atoms with E-state index in [1.807, 2.05) is 25.1 Å². The van der Waals surface area contributed by atoms with Crippen molar-refractivity contribution in [3.8, 4) is 6.07 Å². The van der Waals surface area contributed by atoms with Gasteiger partial charge in [0.15, 0.2) is 0 Å². The second kappa shape index (κ2) is 5.25. The first-order chi connectivity index (χ1) is 5.33. The van der Waals surface area contributed by atoms with E-state index in [1.54, 1.807) is 6.07 Å². The standard InChI is InChI=1S/C8H7N.C2H4/c1-7-3-2-4-8(5-7)6-9;1-2/h2-5H,1H3;1-2H2. The summed E-state index contributed by atoms with van der Waals surface area (Å²) in [5.41, 5.74) is 1.86. The number of benzene rings is 1. The monoisotopic (exact) mass is 145 g/mol. The largest absolute Gasteiger partial charge is 0.192 e. The lowest BCUT2D eigenvalue weighted by atomic mass is 10.2. The molecule has 1 nitrogen and oxygen atoms in total. The summed E-state index contributed by atoms with van der Waals surface area (Å²) in [6.07, 6.45) is 0. The zero-order valence-corrected chi connectivity index (χ0v) is 6.67. The molecule has 0 spiro atoms. The van der Waals surface area contributed by atoms with Crippen LogP contribution < -0.4 is 0 Å². The summed E-state index contributed by atoms with van der Waals surface area (Å²) in [5, 5.41) is 8.41. The molecule has 0 aromatic heterocycles. The van der Waals surface area contributed by atoms with Crippen molar-refractivity contribution < 1.29 is 0 Å². The maximum Gasteiger partial charge on any atom is 0.0991 e. The van der Waals surface area contributed by atoms with Crippen LogP contribution in [-0.4, -0.2) is 0 Å². The van der Waals surface area contributed by atoms with Crippen molar-refractivity contribution >= 4 is 0 Å². The molecule has 1 rings (SSSR count). The third kappa shape index (κ3) is 3.22. The van der Waals surface area contributed by atoms with Crippen LogP contribution in [0, 0.1) is 18.3 Å². The maximum atomic E-state index is 8.41. The number of hydrogen-bond donors (Lipinski definition) is 0. The van der Waals surface area contributed by atoms with E-state index in [4.69, 9.17) is 5.26 Å². The maximum absolute atomic E-state index is 8.41. The van der Waals surface area contributed by atoms with Gasteiger partial charge in [0.2, 0.25) is 0 Å². The quantitative estimate of drug-likeness (QED) is 0.515. The summed E-state index contributed by atoms with van der Waals surface area (Å²) in [6.45, 7) is 7.97. The summed E-state index contributed by atoms with van der Waals surface area (Å²) in [5.74, 6) is 0. The molecule has 11 heavy (non-hydrogen) atoms. The van der Waals surface area contributed by atoms with Crippen molar-refractivity contribution in [1.29, 1.82) is 5.26 Å². The molecule has 1 aromatic rings. The molecule has 0 fully saturated rings. The first kappa shape index (κ1) is 9.45. The van der Waals surface area contributed by atoms with Gasteiger partial charge in [0, 0.05) is 0 Å². The summed E-state index contributed by atoms with van der Waals surface area (Å²) >= 11 is 0. The molecule has 0 radical (unpaired) electrons. The Hall–Kier alpha value is -1.55. The molecule has 0 saturated carbocycles. The Bertz CT molecular complexity index is 258. The highest BCUT2D eigenvalue weighted by atomic mass is 14.2. The van der Waals surface area contributed by atoms with E-state index in [2.05, 4.69) is 19.2 Å². The lowest BCUT2D eigenvalue weighted by Gasteiger charge is -1.88. The van der Waals surface area contributed by atoms with E-state index in [0.29, 0.717) is 0 Å². The minimum atomic E-state index is 0.731. The van der Waals surface area contributed by atoms with Crippen LogP contribution in [-0.2, 0) is 0 Å². The summed E-state index contributed by atoms with van der Waals surface area (Å²) in [4.78, 5) is 0. The highest BCUT2D eigenvalue weighted by molar-refractivity contribution is 5.31. The van der Waals surface area contributed by atoms with Gasteiger partial charge in [-0.1, -0.05) is 12.1 Å². The Morgan fingerprint density at radius 3 is 2.36 bits per heavy atom. The van der Waals surface area contributed by atoms with Crippen LogP contribution in [0.15, 0.2) is 37.4 Å². The predicted octanol–water partition coefficient (Wildman–Crippen LogP) is 2.67. The lowest BCUT2D eigenvalue weighted by Crippen LogP contribution is -1.73. The van der Waals surface area contributed by atoms with Crippen molar-refractivity contribution in [2.45, 2.75) is 6.92 Å². The fourth-order valence-electron chi connectivity index (χ4n) is 0.715. The van der Waals surface area contributed by atoms with Crippen LogP contribution in [0.4, 0.5) is 0 Å². The molecule has 0 heterocycles. The van der Waals surface area contributed by atoms with Gasteiger partial charge in [-0.05, 0) is 24.6 Å². The van der Waals surface area contributed by atoms with E-state index >= 15 is 0 Å². The first-order valence-electron chi connectivity index (χ1n) is 3.29. The van der Waals surface area contributed by atoms with Gasteiger partial charge in [0.1, 0.15) is 0 Å². The molecule has 0 saturated heterocycles. The molecule has 0 amide bonds. The number of rotatable bonds is 0.